The van der Waals surface area contributed by atoms with Crippen molar-refractivity contribution in [2.45, 2.75) is 25.9 Å². The van der Waals surface area contributed by atoms with Crippen LogP contribution in [0.4, 0.5) is 0 Å². The van der Waals surface area contributed by atoms with E-state index in [1.807, 2.05) is 0 Å². The average molecular weight is 280 g/mol. The topological polar surface area (TPSA) is 123 Å². The summed E-state index contributed by atoms with van der Waals surface area (Å²) in [5.41, 5.74) is 5.68. The number of aromatic nitrogens is 3. The van der Waals surface area contributed by atoms with Gasteiger partial charge in [0, 0.05) is 13.0 Å². The minimum atomic E-state index is -0.296. The van der Waals surface area contributed by atoms with Crippen LogP contribution in [0.25, 0.3) is 0 Å². The van der Waals surface area contributed by atoms with E-state index in [1.165, 1.54) is 9.58 Å². The van der Waals surface area contributed by atoms with E-state index in [9.17, 15) is 14.4 Å². The molecule has 3 N–H and O–H groups in total. The second-order valence-corrected chi connectivity index (χ2v) is 4.43. The van der Waals surface area contributed by atoms with E-state index in [4.69, 9.17) is 5.73 Å². The Bertz CT molecular complexity index is 526. The van der Waals surface area contributed by atoms with Crippen LogP contribution in [0.15, 0.2) is 6.20 Å². The molecule has 2 heterocycles. The van der Waals surface area contributed by atoms with Gasteiger partial charge in [-0.3, -0.25) is 19.3 Å². The molecule has 2 rings (SSSR count). The molecule has 1 aromatic heterocycles. The Labute approximate surface area is 115 Å². The molecule has 108 valence electrons. The third kappa shape index (κ3) is 3.38. The highest BCUT2D eigenvalue weighted by Crippen LogP contribution is 2.10. The Balaban J connectivity index is 1.87. The Hall–Kier alpha value is -2.29. The minimum Gasteiger partial charge on any atom is -0.349 e. The van der Waals surface area contributed by atoms with Crippen LogP contribution in [0.1, 0.15) is 18.5 Å². The molecule has 9 nitrogen and oxygen atoms in total. The van der Waals surface area contributed by atoms with E-state index >= 15 is 0 Å². The Morgan fingerprint density at radius 2 is 2.25 bits per heavy atom. The second kappa shape index (κ2) is 6.24. The molecule has 0 bridgehead atoms. The molecule has 0 aromatic carbocycles. The minimum absolute atomic E-state index is 0.0381. The normalized spacial score (nSPS) is 14.7. The summed E-state index contributed by atoms with van der Waals surface area (Å²) in [6.07, 6.45) is 2.67. The first-order valence-corrected chi connectivity index (χ1v) is 6.29. The monoisotopic (exact) mass is 280 g/mol. The Kier molecular flexibility index (Phi) is 4.41. The fraction of sp³-hybridized carbons (Fsp3) is 0.545. The highest BCUT2D eigenvalue weighted by Gasteiger charge is 2.26. The lowest BCUT2D eigenvalue weighted by Gasteiger charge is -2.12. The molecular formula is C11H16N6O3. The van der Waals surface area contributed by atoms with Gasteiger partial charge in [-0.15, -0.1) is 5.10 Å². The van der Waals surface area contributed by atoms with Gasteiger partial charge in [-0.1, -0.05) is 5.21 Å². The number of rotatable bonds is 5. The van der Waals surface area contributed by atoms with Gasteiger partial charge >= 0.3 is 0 Å². The molecular weight excluding hydrogens is 264 g/mol. The van der Waals surface area contributed by atoms with Crippen LogP contribution < -0.4 is 11.1 Å². The van der Waals surface area contributed by atoms with Crippen LogP contribution in [-0.4, -0.2) is 50.7 Å². The second-order valence-electron chi connectivity index (χ2n) is 4.43. The predicted octanol–water partition coefficient (Wildman–Crippen LogP) is -2.00. The van der Waals surface area contributed by atoms with Crippen molar-refractivity contribution in [1.82, 2.24) is 25.2 Å². The van der Waals surface area contributed by atoms with Crippen molar-refractivity contribution in [3.05, 3.63) is 11.9 Å². The highest BCUT2D eigenvalue weighted by atomic mass is 16.2. The van der Waals surface area contributed by atoms with Gasteiger partial charge in [-0.25, -0.2) is 4.68 Å². The van der Waals surface area contributed by atoms with E-state index in [1.54, 1.807) is 6.20 Å². The van der Waals surface area contributed by atoms with Crippen LogP contribution in [0, 0.1) is 0 Å². The number of nitrogens with two attached hydrogens (primary N) is 1. The van der Waals surface area contributed by atoms with Gasteiger partial charge in [0.1, 0.15) is 12.2 Å². The van der Waals surface area contributed by atoms with Gasteiger partial charge in [0.2, 0.25) is 11.8 Å². The first-order chi connectivity index (χ1) is 9.60. The number of amides is 3. The quantitative estimate of drug-likeness (QED) is 0.643. The summed E-state index contributed by atoms with van der Waals surface area (Å²) >= 11 is 0. The molecule has 0 saturated carbocycles. The van der Waals surface area contributed by atoms with Gasteiger partial charge in [0.25, 0.3) is 5.91 Å². The molecule has 0 aliphatic carbocycles. The molecule has 0 unspecified atom stereocenters. The number of hydrogen-bond donors (Lipinski definition) is 2. The van der Waals surface area contributed by atoms with Crippen LogP contribution in [0.5, 0.6) is 0 Å². The van der Waals surface area contributed by atoms with Crippen molar-refractivity contribution < 1.29 is 14.4 Å². The molecule has 1 aromatic rings. The molecule has 0 spiro atoms. The van der Waals surface area contributed by atoms with Gasteiger partial charge in [-0.05, 0) is 6.42 Å². The number of imide groups is 1. The molecule has 1 aliphatic rings. The molecule has 0 atom stereocenters. The van der Waals surface area contributed by atoms with Crippen molar-refractivity contribution in [2.24, 2.45) is 5.73 Å². The standard InChI is InChI=1S/C11H16N6O3/c12-4-9(18)13-5-8-6-16(15-14-8)7-11(20)17-3-1-2-10(17)19/h6H,1-5,7,12H2,(H,13,18). The predicted molar refractivity (Wildman–Crippen MR) is 66.9 cm³/mol. The van der Waals surface area contributed by atoms with E-state index in [0.717, 1.165) is 0 Å². The van der Waals surface area contributed by atoms with E-state index in [-0.39, 0.29) is 37.4 Å². The van der Waals surface area contributed by atoms with Gasteiger partial charge in [0.05, 0.1) is 19.3 Å². The lowest BCUT2D eigenvalue weighted by molar-refractivity contribution is -0.142. The number of carbonyl (C=O) groups excluding carboxylic acids is 3. The third-order valence-corrected chi connectivity index (χ3v) is 2.91. The molecule has 3 amide bonds. The largest absolute Gasteiger partial charge is 0.349 e. The third-order valence-electron chi connectivity index (χ3n) is 2.91. The zero-order chi connectivity index (χ0) is 14.5. The SMILES string of the molecule is NCC(=O)NCc1cn(CC(=O)N2CCCC2=O)nn1. The van der Waals surface area contributed by atoms with E-state index < -0.39 is 0 Å². The zero-order valence-electron chi connectivity index (χ0n) is 10.9. The fourth-order valence-electron chi connectivity index (χ4n) is 1.89. The fourth-order valence-corrected chi connectivity index (χ4v) is 1.89. The van der Waals surface area contributed by atoms with E-state index in [2.05, 4.69) is 15.6 Å². The van der Waals surface area contributed by atoms with E-state index in [0.29, 0.717) is 25.1 Å². The summed E-state index contributed by atoms with van der Waals surface area (Å²) in [4.78, 5) is 35.5. The summed E-state index contributed by atoms with van der Waals surface area (Å²) in [5, 5.41) is 10.2. The maximum atomic E-state index is 11.9. The number of nitrogens with one attached hydrogen (secondary N) is 1. The van der Waals surface area contributed by atoms with Crippen LogP contribution in [0.2, 0.25) is 0 Å². The zero-order valence-corrected chi connectivity index (χ0v) is 10.9. The first kappa shape index (κ1) is 14.1. The van der Waals surface area contributed by atoms with Crippen molar-refractivity contribution in [2.75, 3.05) is 13.1 Å². The molecule has 0 radical (unpaired) electrons. The average Bonchev–Trinajstić information content (AvgIpc) is 3.05. The number of likely N-dealkylation sites (tertiary alicyclic amines) is 1. The van der Waals surface area contributed by atoms with Crippen molar-refractivity contribution >= 4 is 17.7 Å². The molecule has 20 heavy (non-hydrogen) atoms. The molecule has 1 saturated heterocycles. The smallest absolute Gasteiger partial charge is 0.250 e. The van der Waals surface area contributed by atoms with Crippen LogP contribution in [0.3, 0.4) is 0 Å². The van der Waals surface area contributed by atoms with Gasteiger partial charge < -0.3 is 11.1 Å². The summed E-state index contributed by atoms with van der Waals surface area (Å²) in [6.45, 7) is 0.534. The summed E-state index contributed by atoms with van der Waals surface area (Å²) in [5.74, 6) is -0.737. The number of carbonyl (C=O) groups is 3. The van der Waals surface area contributed by atoms with Gasteiger partial charge in [0.15, 0.2) is 0 Å². The first-order valence-electron chi connectivity index (χ1n) is 6.29. The number of nitrogens with zero attached hydrogens (tertiary/aromatic N) is 4. The molecule has 1 fully saturated rings. The maximum absolute atomic E-state index is 11.9. The van der Waals surface area contributed by atoms with Crippen molar-refractivity contribution in [3.63, 3.8) is 0 Å². The van der Waals surface area contributed by atoms with Crippen molar-refractivity contribution in [1.29, 1.82) is 0 Å². The summed E-state index contributed by atoms with van der Waals surface area (Å²) < 4.78 is 1.35. The lowest BCUT2D eigenvalue weighted by Crippen LogP contribution is -2.34. The number of hydrogen-bond acceptors (Lipinski definition) is 6. The Morgan fingerprint density at radius 3 is 2.90 bits per heavy atom. The molecule has 9 heteroatoms. The lowest BCUT2D eigenvalue weighted by atomic mass is 10.4. The van der Waals surface area contributed by atoms with Crippen LogP contribution in [-0.2, 0) is 27.5 Å². The highest BCUT2D eigenvalue weighted by molar-refractivity contribution is 5.96. The Morgan fingerprint density at radius 1 is 1.45 bits per heavy atom. The molecule has 1 aliphatic heterocycles. The summed E-state index contributed by atoms with van der Waals surface area (Å²) in [7, 11) is 0. The van der Waals surface area contributed by atoms with Crippen molar-refractivity contribution in [3.8, 4) is 0 Å². The maximum Gasteiger partial charge on any atom is 0.250 e. The van der Waals surface area contributed by atoms with Crippen LogP contribution >= 0.6 is 0 Å². The summed E-state index contributed by atoms with van der Waals surface area (Å²) in [6, 6.07) is 0. The van der Waals surface area contributed by atoms with Gasteiger partial charge in [-0.2, -0.15) is 0 Å².